The summed E-state index contributed by atoms with van der Waals surface area (Å²) in [4.78, 5) is 2.58. The SMILES string of the molecule is CC1(C)CCC(O)(CNC2CN3CCC2CC3)CC1. The van der Waals surface area contributed by atoms with Gasteiger partial charge in [0.25, 0.3) is 0 Å². The summed E-state index contributed by atoms with van der Waals surface area (Å²) in [5.41, 5.74) is -0.0105. The lowest BCUT2D eigenvalue weighted by atomic mass is 9.71. The van der Waals surface area contributed by atoms with E-state index in [-0.39, 0.29) is 0 Å². The monoisotopic (exact) mass is 266 g/mol. The van der Waals surface area contributed by atoms with Crippen molar-refractivity contribution in [2.75, 3.05) is 26.2 Å². The number of hydrogen-bond donors (Lipinski definition) is 2. The van der Waals surface area contributed by atoms with Crippen LogP contribution in [0.1, 0.15) is 52.4 Å². The van der Waals surface area contributed by atoms with Crippen LogP contribution in [0.4, 0.5) is 0 Å². The van der Waals surface area contributed by atoms with E-state index in [1.54, 1.807) is 0 Å². The minimum atomic E-state index is -0.443. The first kappa shape index (κ1) is 13.8. The lowest BCUT2D eigenvalue weighted by Crippen LogP contribution is -2.58. The standard InChI is InChI=1S/C16H30N2O/c1-15(2)5-7-16(19,8-6-15)12-17-14-11-18-9-3-13(14)4-10-18/h13-14,17,19H,3-12H2,1-2H3. The van der Waals surface area contributed by atoms with E-state index in [1.807, 2.05) is 0 Å². The first-order valence-corrected chi connectivity index (χ1v) is 8.14. The normalized spacial score (nSPS) is 40.3. The Morgan fingerprint density at radius 3 is 2.26 bits per heavy atom. The predicted octanol–water partition coefficient (Wildman–Crippen LogP) is 2.00. The van der Waals surface area contributed by atoms with E-state index in [4.69, 9.17) is 0 Å². The van der Waals surface area contributed by atoms with Gasteiger partial charge in [0.05, 0.1) is 5.60 Å². The van der Waals surface area contributed by atoms with Crippen molar-refractivity contribution < 1.29 is 5.11 Å². The molecule has 0 radical (unpaired) electrons. The molecule has 3 heteroatoms. The Hall–Kier alpha value is -0.120. The van der Waals surface area contributed by atoms with Crippen LogP contribution in [0.15, 0.2) is 0 Å². The van der Waals surface area contributed by atoms with Gasteiger partial charge in [0, 0.05) is 19.1 Å². The molecule has 4 aliphatic rings. The highest BCUT2D eigenvalue weighted by Gasteiger charge is 2.39. The molecule has 0 aromatic heterocycles. The topological polar surface area (TPSA) is 35.5 Å². The van der Waals surface area contributed by atoms with Gasteiger partial charge in [-0.3, -0.25) is 0 Å². The lowest BCUT2D eigenvalue weighted by molar-refractivity contribution is -0.0327. The molecule has 0 amide bonds. The van der Waals surface area contributed by atoms with Gasteiger partial charge in [-0.25, -0.2) is 0 Å². The van der Waals surface area contributed by atoms with Gasteiger partial charge in [-0.2, -0.15) is 0 Å². The van der Waals surface area contributed by atoms with Gasteiger partial charge < -0.3 is 15.3 Å². The number of aliphatic hydroxyl groups is 1. The van der Waals surface area contributed by atoms with Crippen molar-refractivity contribution in [1.29, 1.82) is 0 Å². The zero-order valence-corrected chi connectivity index (χ0v) is 12.6. The smallest absolute Gasteiger partial charge is 0.0772 e. The molecule has 3 saturated heterocycles. The van der Waals surface area contributed by atoms with Crippen molar-refractivity contribution in [3.63, 3.8) is 0 Å². The highest BCUT2D eigenvalue weighted by atomic mass is 16.3. The second-order valence-electron chi connectivity index (χ2n) is 8.01. The highest BCUT2D eigenvalue weighted by Crippen LogP contribution is 2.40. The summed E-state index contributed by atoms with van der Waals surface area (Å²) in [6.07, 6.45) is 6.95. The van der Waals surface area contributed by atoms with E-state index >= 15 is 0 Å². The van der Waals surface area contributed by atoms with Crippen molar-refractivity contribution in [3.8, 4) is 0 Å². The maximum absolute atomic E-state index is 10.7. The first-order valence-electron chi connectivity index (χ1n) is 8.14. The summed E-state index contributed by atoms with van der Waals surface area (Å²) in [7, 11) is 0. The second kappa shape index (κ2) is 5.01. The molecule has 3 nitrogen and oxygen atoms in total. The molecule has 2 N–H and O–H groups in total. The Balaban J connectivity index is 1.49. The summed E-state index contributed by atoms with van der Waals surface area (Å²) < 4.78 is 0. The molecule has 1 aliphatic carbocycles. The van der Waals surface area contributed by atoms with E-state index in [1.165, 1.54) is 32.5 Å². The largest absolute Gasteiger partial charge is 0.389 e. The van der Waals surface area contributed by atoms with Gasteiger partial charge in [0.15, 0.2) is 0 Å². The van der Waals surface area contributed by atoms with Crippen molar-refractivity contribution in [2.45, 2.75) is 64.0 Å². The van der Waals surface area contributed by atoms with Crippen LogP contribution in [0.2, 0.25) is 0 Å². The van der Waals surface area contributed by atoms with Crippen molar-refractivity contribution >= 4 is 0 Å². The van der Waals surface area contributed by atoms with Crippen LogP contribution in [0.5, 0.6) is 0 Å². The summed E-state index contributed by atoms with van der Waals surface area (Å²) in [5.74, 6) is 0.855. The fourth-order valence-corrected chi connectivity index (χ4v) is 4.09. The molecule has 110 valence electrons. The van der Waals surface area contributed by atoms with Crippen LogP contribution >= 0.6 is 0 Å². The minimum absolute atomic E-state index is 0.432. The Labute approximate surface area is 117 Å². The maximum Gasteiger partial charge on any atom is 0.0772 e. The number of nitrogens with one attached hydrogen (secondary N) is 1. The average Bonchev–Trinajstić information content (AvgIpc) is 2.42. The van der Waals surface area contributed by atoms with Crippen molar-refractivity contribution in [2.24, 2.45) is 11.3 Å². The van der Waals surface area contributed by atoms with E-state index in [0.717, 1.165) is 38.1 Å². The summed E-state index contributed by atoms with van der Waals surface area (Å²) in [6.45, 7) is 9.24. The van der Waals surface area contributed by atoms with E-state index < -0.39 is 5.60 Å². The zero-order valence-electron chi connectivity index (χ0n) is 12.6. The number of rotatable bonds is 3. The number of fused-ring (bicyclic) bond motifs is 3. The van der Waals surface area contributed by atoms with Crippen molar-refractivity contribution in [3.05, 3.63) is 0 Å². The Kier molecular flexibility index (Phi) is 3.65. The lowest BCUT2D eigenvalue weighted by Gasteiger charge is -2.47. The predicted molar refractivity (Wildman–Crippen MR) is 78.2 cm³/mol. The van der Waals surface area contributed by atoms with E-state index in [0.29, 0.717) is 11.5 Å². The summed E-state index contributed by atoms with van der Waals surface area (Å²) >= 11 is 0. The molecule has 1 unspecified atom stereocenters. The molecule has 4 fully saturated rings. The molecule has 3 heterocycles. The molecule has 0 aromatic rings. The van der Waals surface area contributed by atoms with Gasteiger partial charge >= 0.3 is 0 Å². The van der Waals surface area contributed by atoms with Crippen LogP contribution < -0.4 is 5.32 Å². The van der Waals surface area contributed by atoms with Gasteiger partial charge in [-0.1, -0.05) is 13.8 Å². The molecule has 4 rings (SSSR count). The summed E-state index contributed by atoms with van der Waals surface area (Å²) in [5, 5.41) is 14.4. The van der Waals surface area contributed by atoms with Crippen LogP contribution in [0.3, 0.4) is 0 Å². The highest BCUT2D eigenvalue weighted by molar-refractivity contribution is 4.95. The number of piperidine rings is 3. The molecule has 0 aromatic carbocycles. The van der Waals surface area contributed by atoms with Gasteiger partial charge in [-0.15, -0.1) is 0 Å². The van der Waals surface area contributed by atoms with Crippen LogP contribution in [0.25, 0.3) is 0 Å². The zero-order chi connectivity index (χ0) is 13.5. The average molecular weight is 266 g/mol. The molecule has 3 aliphatic heterocycles. The van der Waals surface area contributed by atoms with Crippen LogP contribution in [-0.4, -0.2) is 47.8 Å². The third kappa shape index (κ3) is 3.14. The molecule has 19 heavy (non-hydrogen) atoms. The molecular weight excluding hydrogens is 236 g/mol. The van der Waals surface area contributed by atoms with Crippen LogP contribution in [0, 0.1) is 11.3 Å². The fraction of sp³-hybridized carbons (Fsp3) is 1.00. The first-order chi connectivity index (χ1) is 8.96. The number of nitrogens with zero attached hydrogens (tertiary/aromatic N) is 1. The quantitative estimate of drug-likeness (QED) is 0.820. The Bertz CT molecular complexity index is 311. The van der Waals surface area contributed by atoms with Crippen LogP contribution in [-0.2, 0) is 0 Å². The molecule has 2 bridgehead atoms. The van der Waals surface area contributed by atoms with E-state index in [2.05, 4.69) is 24.1 Å². The second-order valence-corrected chi connectivity index (χ2v) is 8.01. The molecule has 1 saturated carbocycles. The Morgan fingerprint density at radius 2 is 1.74 bits per heavy atom. The third-order valence-electron chi connectivity index (χ3n) is 5.88. The maximum atomic E-state index is 10.7. The Morgan fingerprint density at radius 1 is 1.11 bits per heavy atom. The van der Waals surface area contributed by atoms with E-state index in [9.17, 15) is 5.11 Å². The molecule has 1 atom stereocenters. The third-order valence-corrected chi connectivity index (χ3v) is 5.88. The molecular formula is C16H30N2O. The fourth-order valence-electron chi connectivity index (χ4n) is 4.09. The van der Waals surface area contributed by atoms with Gasteiger partial charge in [-0.05, 0) is 62.9 Å². The summed E-state index contributed by atoms with van der Waals surface area (Å²) in [6, 6.07) is 0.626. The van der Waals surface area contributed by atoms with Crippen molar-refractivity contribution in [1.82, 2.24) is 10.2 Å². The minimum Gasteiger partial charge on any atom is -0.389 e. The van der Waals surface area contributed by atoms with Gasteiger partial charge in [0.2, 0.25) is 0 Å². The van der Waals surface area contributed by atoms with Gasteiger partial charge in [0.1, 0.15) is 0 Å². The molecule has 0 spiro atoms. The number of hydrogen-bond acceptors (Lipinski definition) is 3.